The first kappa shape index (κ1) is 18.2. The lowest BCUT2D eigenvalue weighted by atomic mass is 10.1. The van der Waals surface area contributed by atoms with Crippen LogP contribution in [0.3, 0.4) is 0 Å². The van der Waals surface area contributed by atoms with Crippen LogP contribution < -0.4 is 5.32 Å². The second-order valence-corrected chi connectivity index (χ2v) is 7.19. The normalized spacial score (nSPS) is 12.4. The Kier molecular flexibility index (Phi) is 6.02. The van der Waals surface area contributed by atoms with Gasteiger partial charge < -0.3 is 5.32 Å². The van der Waals surface area contributed by atoms with Crippen LogP contribution in [0.5, 0.6) is 0 Å². The number of carbonyl (C=O) groups excluding carboxylic acids is 1. The molecule has 23 heavy (non-hydrogen) atoms. The number of amides is 1. The van der Waals surface area contributed by atoms with E-state index in [1.807, 2.05) is 37.1 Å². The van der Waals surface area contributed by atoms with Crippen molar-refractivity contribution in [1.82, 2.24) is 24.9 Å². The third kappa shape index (κ3) is 4.03. The van der Waals surface area contributed by atoms with Crippen LogP contribution in [0, 0.1) is 19.8 Å². The molecule has 8 heteroatoms. The molecule has 0 saturated carbocycles. The van der Waals surface area contributed by atoms with Gasteiger partial charge in [0.15, 0.2) is 0 Å². The van der Waals surface area contributed by atoms with E-state index < -0.39 is 0 Å². The first-order chi connectivity index (χ1) is 10.8. The van der Waals surface area contributed by atoms with Gasteiger partial charge in [0.1, 0.15) is 0 Å². The molecule has 1 atom stereocenters. The number of aryl methyl sites for hydroxylation is 2. The number of nitrogens with zero attached hydrogens (tertiary/aromatic N) is 4. The summed E-state index contributed by atoms with van der Waals surface area (Å²) in [6.07, 6.45) is 1.75. The minimum atomic E-state index is -0.170. The molecule has 126 valence electrons. The van der Waals surface area contributed by atoms with E-state index >= 15 is 0 Å². The van der Waals surface area contributed by atoms with Gasteiger partial charge in [0, 0.05) is 12.2 Å². The molecule has 6 nitrogen and oxygen atoms in total. The molecule has 1 N–H and O–H groups in total. The highest BCUT2D eigenvalue weighted by atomic mass is 79.9. The van der Waals surface area contributed by atoms with Crippen molar-refractivity contribution in [2.24, 2.45) is 5.92 Å². The number of hydrogen-bond donors (Lipinski definition) is 1. The summed E-state index contributed by atoms with van der Waals surface area (Å²) >= 11 is 6.97. The molecule has 2 rings (SSSR count). The van der Waals surface area contributed by atoms with Crippen LogP contribution in [-0.4, -0.2) is 25.5 Å². The van der Waals surface area contributed by atoms with Crippen molar-refractivity contribution in [1.29, 1.82) is 0 Å². The zero-order valence-electron chi connectivity index (χ0n) is 13.7. The van der Waals surface area contributed by atoms with Gasteiger partial charge in [-0.2, -0.15) is 10.2 Å². The standard InChI is InChI=1S/C15H21Br2N5O/c1-5-21-13(12(16)6-19-21)7-18-15(23)9(2)8-22-11(4)14(17)10(3)20-22/h6,9H,5,7-8H2,1-4H3,(H,18,23). The Hall–Kier alpha value is -1.15. The van der Waals surface area contributed by atoms with E-state index in [0.29, 0.717) is 13.1 Å². The third-order valence-electron chi connectivity index (χ3n) is 3.81. The molecular formula is C15H21Br2N5O. The molecule has 2 aromatic rings. The van der Waals surface area contributed by atoms with Crippen LogP contribution in [0.4, 0.5) is 0 Å². The van der Waals surface area contributed by atoms with Gasteiger partial charge in [-0.3, -0.25) is 14.2 Å². The van der Waals surface area contributed by atoms with Crippen molar-refractivity contribution in [3.63, 3.8) is 0 Å². The maximum atomic E-state index is 12.3. The zero-order valence-corrected chi connectivity index (χ0v) is 16.9. The van der Waals surface area contributed by atoms with E-state index in [4.69, 9.17) is 0 Å². The van der Waals surface area contributed by atoms with Gasteiger partial charge in [-0.1, -0.05) is 6.92 Å². The number of hydrogen-bond acceptors (Lipinski definition) is 3. The summed E-state index contributed by atoms with van der Waals surface area (Å²) < 4.78 is 5.65. The molecule has 0 aromatic carbocycles. The number of halogens is 2. The van der Waals surface area contributed by atoms with Crippen molar-refractivity contribution in [2.45, 2.75) is 47.3 Å². The van der Waals surface area contributed by atoms with E-state index in [1.165, 1.54) is 0 Å². The van der Waals surface area contributed by atoms with E-state index in [1.54, 1.807) is 6.20 Å². The molecule has 0 bridgehead atoms. The Morgan fingerprint density at radius 1 is 1.35 bits per heavy atom. The second kappa shape index (κ2) is 7.61. The number of carbonyl (C=O) groups is 1. The second-order valence-electron chi connectivity index (χ2n) is 5.54. The molecule has 2 aromatic heterocycles. The van der Waals surface area contributed by atoms with Crippen LogP contribution in [0.1, 0.15) is 30.9 Å². The van der Waals surface area contributed by atoms with Gasteiger partial charge in [0.25, 0.3) is 0 Å². The van der Waals surface area contributed by atoms with Crippen molar-refractivity contribution >= 4 is 37.8 Å². The molecule has 0 radical (unpaired) electrons. The topological polar surface area (TPSA) is 64.7 Å². The molecule has 0 saturated heterocycles. The molecule has 1 amide bonds. The highest BCUT2D eigenvalue weighted by Gasteiger charge is 2.18. The highest BCUT2D eigenvalue weighted by molar-refractivity contribution is 9.10. The Morgan fingerprint density at radius 3 is 2.61 bits per heavy atom. The summed E-state index contributed by atoms with van der Waals surface area (Å²) in [5.74, 6) is -0.166. The summed E-state index contributed by atoms with van der Waals surface area (Å²) in [5, 5.41) is 11.7. The summed E-state index contributed by atoms with van der Waals surface area (Å²) in [7, 11) is 0. The van der Waals surface area contributed by atoms with Crippen LogP contribution in [0.25, 0.3) is 0 Å². The average molecular weight is 447 g/mol. The van der Waals surface area contributed by atoms with E-state index in [0.717, 1.165) is 32.6 Å². The minimum absolute atomic E-state index is 0.00410. The van der Waals surface area contributed by atoms with Crippen LogP contribution in [0.2, 0.25) is 0 Å². The maximum absolute atomic E-state index is 12.3. The lowest BCUT2D eigenvalue weighted by Gasteiger charge is -2.14. The molecule has 0 aliphatic rings. The highest BCUT2D eigenvalue weighted by Crippen LogP contribution is 2.21. The predicted octanol–water partition coefficient (Wildman–Crippen LogP) is 3.19. The number of aromatic nitrogens is 4. The Labute approximate surface area is 152 Å². The summed E-state index contributed by atoms with van der Waals surface area (Å²) in [4.78, 5) is 12.3. The Morgan fingerprint density at radius 2 is 2.04 bits per heavy atom. The molecule has 2 heterocycles. The first-order valence-corrected chi connectivity index (χ1v) is 9.11. The molecular weight excluding hydrogens is 426 g/mol. The SMILES string of the molecule is CCn1ncc(Br)c1CNC(=O)C(C)Cn1nc(C)c(Br)c1C. The van der Waals surface area contributed by atoms with Crippen molar-refractivity contribution in [3.8, 4) is 0 Å². The van der Waals surface area contributed by atoms with Crippen molar-refractivity contribution in [3.05, 3.63) is 32.2 Å². The molecule has 0 aliphatic carbocycles. The van der Waals surface area contributed by atoms with Crippen molar-refractivity contribution < 1.29 is 4.79 Å². The van der Waals surface area contributed by atoms with E-state index in [9.17, 15) is 4.79 Å². The largest absolute Gasteiger partial charge is 0.350 e. The summed E-state index contributed by atoms with van der Waals surface area (Å²) in [5.41, 5.74) is 2.95. The molecule has 1 unspecified atom stereocenters. The fourth-order valence-corrected chi connectivity index (χ4v) is 3.10. The quantitative estimate of drug-likeness (QED) is 0.740. The zero-order chi connectivity index (χ0) is 17.1. The van der Waals surface area contributed by atoms with E-state index in [2.05, 4.69) is 47.4 Å². The number of rotatable bonds is 6. The lowest BCUT2D eigenvalue weighted by Crippen LogP contribution is -2.32. The van der Waals surface area contributed by atoms with Gasteiger partial charge in [-0.05, 0) is 52.6 Å². The maximum Gasteiger partial charge on any atom is 0.225 e. The lowest BCUT2D eigenvalue weighted by molar-refractivity contribution is -0.125. The predicted molar refractivity (Wildman–Crippen MR) is 96.0 cm³/mol. The Bertz CT molecular complexity index is 707. The van der Waals surface area contributed by atoms with Crippen LogP contribution >= 0.6 is 31.9 Å². The fraction of sp³-hybridized carbons (Fsp3) is 0.533. The first-order valence-electron chi connectivity index (χ1n) is 7.52. The van der Waals surface area contributed by atoms with Gasteiger partial charge in [0.05, 0.1) is 45.5 Å². The molecule has 0 fully saturated rings. The smallest absolute Gasteiger partial charge is 0.225 e. The van der Waals surface area contributed by atoms with Gasteiger partial charge in [-0.25, -0.2) is 0 Å². The van der Waals surface area contributed by atoms with E-state index in [-0.39, 0.29) is 11.8 Å². The fourth-order valence-electron chi connectivity index (χ4n) is 2.38. The Balaban J connectivity index is 1.97. The monoisotopic (exact) mass is 445 g/mol. The van der Waals surface area contributed by atoms with Gasteiger partial charge in [0.2, 0.25) is 5.91 Å². The average Bonchev–Trinajstić information content (AvgIpc) is 3.00. The van der Waals surface area contributed by atoms with Gasteiger partial charge in [-0.15, -0.1) is 0 Å². The number of nitrogens with one attached hydrogen (secondary N) is 1. The summed E-state index contributed by atoms with van der Waals surface area (Å²) in [6, 6.07) is 0. The van der Waals surface area contributed by atoms with Crippen LogP contribution in [-0.2, 0) is 24.4 Å². The van der Waals surface area contributed by atoms with Gasteiger partial charge >= 0.3 is 0 Å². The summed E-state index contributed by atoms with van der Waals surface area (Å²) in [6.45, 7) is 9.65. The van der Waals surface area contributed by atoms with Crippen LogP contribution in [0.15, 0.2) is 15.1 Å². The third-order valence-corrected chi connectivity index (χ3v) is 5.62. The molecule has 0 spiro atoms. The van der Waals surface area contributed by atoms with Crippen molar-refractivity contribution in [2.75, 3.05) is 0 Å². The molecule has 0 aliphatic heterocycles. The minimum Gasteiger partial charge on any atom is -0.350 e.